The Balaban J connectivity index is 0.875. The van der Waals surface area contributed by atoms with Crippen LogP contribution in [0, 0.1) is 0 Å². The lowest BCUT2D eigenvalue weighted by molar-refractivity contribution is -0.288. The molecule has 71 heavy (non-hydrogen) atoms. The number of allylic oxidation sites excluding steroid dienone is 4. The largest absolute Gasteiger partial charge is 0.457 e. The lowest BCUT2D eigenvalue weighted by Gasteiger charge is -2.38. The van der Waals surface area contributed by atoms with Gasteiger partial charge in [0.25, 0.3) is 0 Å². The molecule has 8 nitrogen and oxygen atoms in total. The highest BCUT2D eigenvalue weighted by molar-refractivity contribution is 5.73. The van der Waals surface area contributed by atoms with Gasteiger partial charge in [-0.15, -0.1) is 0 Å². The second-order valence-electron chi connectivity index (χ2n) is 16.4. The van der Waals surface area contributed by atoms with Crippen molar-refractivity contribution in [1.29, 1.82) is 0 Å². The molecule has 0 saturated heterocycles. The molecular formula is C57H38F6N6O2. The standard InChI is InChI=1S/C57H38F6N6O2/c58-56(59,60)55(57(61,62)63,43-25-33-47(34-26-43)70-45-29-21-41(22-30-45)53-66-49(37-13-5-1-6-14-37)64-50(67-53)38-15-7-2-8-16-38)44-27-35-48(36-28-44)71-46-31-23-42(24-32-46)54-68-51(39-17-9-3-10-18-39)65-52(69-54)40-19-11-4-12-20-40/h1-3,5-11,13-36H,4,12H2. The zero-order chi connectivity index (χ0) is 49.0. The van der Waals surface area contributed by atoms with Crippen molar-refractivity contribution in [2.75, 3.05) is 0 Å². The number of ether oxygens (including phenoxy) is 2. The maximum atomic E-state index is 15.2. The Bertz CT molecular complexity index is 3280. The molecule has 0 atom stereocenters. The molecule has 0 unspecified atom stereocenters. The maximum Gasteiger partial charge on any atom is 0.411 e. The molecule has 0 amide bonds. The van der Waals surface area contributed by atoms with Gasteiger partial charge >= 0.3 is 12.4 Å². The number of alkyl halides is 6. The highest BCUT2D eigenvalue weighted by Crippen LogP contribution is 2.56. The van der Waals surface area contributed by atoms with E-state index in [2.05, 4.69) is 12.2 Å². The Morgan fingerprint density at radius 3 is 0.915 bits per heavy atom. The first kappa shape index (κ1) is 46.0. The van der Waals surface area contributed by atoms with Crippen LogP contribution >= 0.6 is 0 Å². The number of benzene rings is 7. The summed E-state index contributed by atoms with van der Waals surface area (Å²) in [5, 5.41) is 0. The number of rotatable bonds is 12. The molecule has 14 heteroatoms. The van der Waals surface area contributed by atoms with Crippen LogP contribution in [0.25, 0.3) is 62.5 Å². The molecule has 2 aromatic heterocycles. The summed E-state index contributed by atoms with van der Waals surface area (Å²) in [4.78, 5) is 28.3. The van der Waals surface area contributed by atoms with Crippen molar-refractivity contribution in [1.82, 2.24) is 29.9 Å². The van der Waals surface area contributed by atoms with E-state index in [4.69, 9.17) is 39.4 Å². The number of nitrogens with zero attached hydrogens (tertiary/aromatic N) is 6. The normalized spacial score (nSPS) is 12.8. The van der Waals surface area contributed by atoms with Crippen molar-refractivity contribution in [3.05, 3.63) is 223 Å². The quantitative estimate of drug-likeness (QED) is 0.112. The Morgan fingerprint density at radius 2 is 0.620 bits per heavy atom. The molecule has 1 aliphatic carbocycles. The molecule has 10 rings (SSSR count). The third kappa shape index (κ3) is 9.64. The van der Waals surface area contributed by atoms with Gasteiger partial charge in [0.1, 0.15) is 23.0 Å². The van der Waals surface area contributed by atoms with E-state index in [-0.39, 0.29) is 23.0 Å². The fraction of sp³-hybridized carbons (Fsp3) is 0.0877. The monoisotopic (exact) mass is 952 g/mol. The minimum absolute atomic E-state index is 0.0127. The fourth-order valence-electron chi connectivity index (χ4n) is 8.21. The molecule has 0 radical (unpaired) electrons. The van der Waals surface area contributed by atoms with Gasteiger partial charge in [0.2, 0.25) is 5.41 Å². The SMILES string of the molecule is FC(F)(F)C(c1ccc(Oc2ccc(-c3nc(C4=CCCC=C4)nc(-c4ccccc4)n3)cc2)cc1)(c1ccc(Oc2ccc(-c3nc(-c4ccccc4)nc(-c4ccccc4)n3)cc2)cc1)C(F)(F)F. The van der Waals surface area contributed by atoms with Crippen molar-refractivity contribution in [2.45, 2.75) is 30.6 Å². The molecule has 0 fully saturated rings. The molecule has 350 valence electrons. The van der Waals surface area contributed by atoms with Crippen LogP contribution in [-0.4, -0.2) is 42.3 Å². The first-order valence-corrected chi connectivity index (χ1v) is 22.4. The van der Waals surface area contributed by atoms with Gasteiger partial charge in [-0.05, 0) is 96.8 Å². The number of halogens is 6. The highest BCUT2D eigenvalue weighted by Gasteiger charge is 2.72. The van der Waals surface area contributed by atoms with Gasteiger partial charge in [0, 0.05) is 33.4 Å². The predicted octanol–water partition coefficient (Wildman–Crippen LogP) is 15.1. The summed E-state index contributed by atoms with van der Waals surface area (Å²) in [5.41, 5.74) is -1.98. The zero-order valence-corrected chi connectivity index (χ0v) is 37.3. The van der Waals surface area contributed by atoms with Crippen LogP contribution < -0.4 is 9.47 Å². The summed E-state index contributed by atoms with van der Waals surface area (Å²) in [6, 6.07) is 49.0. The van der Waals surface area contributed by atoms with E-state index < -0.39 is 28.9 Å². The van der Waals surface area contributed by atoms with Crippen molar-refractivity contribution in [2.24, 2.45) is 0 Å². The van der Waals surface area contributed by atoms with Crippen LogP contribution in [0.4, 0.5) is 26.3 Å². The third-order valence-electron chi connectivity index (χ3n) is 11.7. The average Bonchev–Trinajstić information content (AvgIpc) is 3.40. The van der Waals surface area contributed by atoms with E-state index in [0.717, 1.165) is 83.6 Å². The molecule has 0 saturated carbocycles. The van der Waals surface area contributed by atoms with Gasteiger partial charge < -0.3 is 9.47 Å². The van der Waals surface area contributed by atoms with E-state index in [1.54, 1.807) is 48.5 Å². The minimum Gasteiger partial charge on any atom is -0.457 e. The molecule has 2 heterocycles. The Morgan fingerprint density at radius 1 is 0.324 bits per heavy atom. The highest BCUT2D eigenvalue weighted by atomic mass is 19.4. The Kier molecular flexibility index (Phi) is 12.5. The Hall–Kier alpha value is -8.78. The molecule has 0 bridgehead atoms. The lowest BCUT2D eigenvalue weighted by Crippen LogP contribution is -2.54. The molecule has 0 N–H and O–H groups in total. The first-order valence-electron chi connectivity index (χ1n) is 22.4. The van der Waals surface area contributed by atoms with Crippen molar-refractivity contribution in [3.63, 3.8) is 0 Å². The van der Waals surface area contributed by atoms with Crippen LogP contribution in [0.2, 0.25) is 0 Å². The van der Waals surface area contributed by atoms with Crippen LogP contribution in [0.3, 0.4) is 0 Å². The summed E-state index contributed by atoms with van der Waals surface area (Å²) in [6.07, 6.45) is -3.74. The summed E-state index contributed by atoms with van der Waals surface area (Å²) in [6.45, 7) is 0. The van der Waals surface area contributed by atoms with E-state index in [1.807, 2.05) is 97.1 Å². The van der Waals surface area contributed by atoms with E-state index in [0.29, 0.717) is 46.1 Å². The summed E-state index contributed by atoms with van der Waals surface area (Å²) in [7, 11) is 0. The smallest absolute Gasteiger partial charge is 0.411 e. The van der Waals surface area contributed by atoms with Crippen molar-refractivity contribution < 1.29 is 35.8 Å². The molecular weight excluding hydrogens is 915 g/mol. The first-order chi connectivity index (χ1) is 34.4. The molecule has 9 aromatic rings. The number of aromatic nitrogens is 6. The van der Waals surface area contributed by atoms with Crippen LogP contribution in [0.5, 0.6) is 23.0 Å². The second kappa shape index (κ2) is 19.3. The maximum absolute atomic E-state index is 15.2. The minimum atomic E-state index is -5.81. The summed E-state index contributed by atoms with van der Waals surface area (Å²) in [5.74, 6) is 3.29. The lowest BCUT2D eigenvalue weighted by atomic mass is 9.73. The third-order valence-corrected chi connectivity index (χ3v) is 11.7. The van der Waals surface area contributed by atoms with Crippen molar-refractivity contribution >= 4 is 5.57 Å². The number of hydrogen-bond donors (Lipinski definition) is 0. The van der Waals surface area contributed by atoms with Crippen LogP contribution in [0.1, 0.15) is 29.8 Å². The van der Waals surface area contributed by atoms with E-state index >= 15 is 26.3 Å². The van der Waals surface area contributed by atoms with Gasteiger partial charge in [-0.1, -0.05) is 133 Å². The second-order valence-corrected chi connectivity index (χ2v) is 16.4. The predicted molar refractivity (Wildman–Crippen MR) is 259 cm³/mol. The van der Waals surface area contributed by atoms with Gasteiger partial charge in [-0.2, -0.15) is 26.3 Å². The molecule has 1 aliphatic rings. The van der Waals surface area contributed by atoms with Crippen molar-refractivity contribution in [3.8, 4) is 79.9 Å². The van der Waals surface area contributed by atoms with E-state index in [9.17, 15) is 0 Å². The molecule has 0 aliphatic heterocycles. The van der Waals surface area contributed by atoms with Crippen LogP contribution in [-0.2, 0) is 5.41 Å². The van der Waals surface area contributed by atoms with Crippen LogP contribution in [0.15, 0.2) is 206 Å². The Labute approximate surface area is 403 Å². The van der Waals surface area contributed by atoms with Gasteiger partial charge in [0.15, 0.2) is 34.9 Å². The zero-order valence-electron chi connectivity index (χ0n) is 37.3. The van der Waals surface area contributed by atoms with Gasteiger partial charge in [-0.3, -0.25) is 0 Å². The average molecular weight is 953 g/mol. The topological polar surface area (TPSA) is 95.8 Å². The summed E-state index contributed by atoms with van der Waals surface area (Å²) < 4.78 is 103. The van der Waals surface area contributed by atoms with E-state index in [1.165, 1.54) is 0 Å². The number of hydrogen-bond acceptors (Lipinski definition) is 8. The fourth-order valence-corrected chi connectivity index (χ4v) is 8.21. The van der Waals surface area contributed by atoms with Gasteiger partial charge in [0.05, 0.1) is 0 Å². The summed E-state index contributed by atoms with van der Waals surface area (Å²) >= 11 is 0. The molecule has 0 spiro atoms. The van der Waals surface area contributed by atoms with Gasteiger partial charge in [-0.25, -0.2) is 29.9 Å². The molecule has 7 aromatic carbocycles.